The Morgan fingerprint density at radius 3 is 1.57 bits per heavy atom. The standard InChI is InChI=1S/C32H30F3NO8S2/c1-19(32(33,34)35)23(36-46(3)40)24-25(41-28(37)20-13-7-4-8-14-20)26(42-29(38)21-15-9-5-10-16-21)27(31(44-24)45-2)43-30(39)22-17-11-6-12-18-22/h4-18,23-27,31,36H,1H2,2-3H3/t23-,24?,25?,26?,27?,31?,46?/m1/s1. The molecule has 14 heteroatoms. The monoisotopic (exact) mass is 677 g/mol. The van der Waals surface area contributed by atoms with Crippen molar-refractivity contribution in [2.75, 3.05) is 12.5 Å². The number of carbonyl (C=O) groups is 3. The van der Waals surface area contributed by atoms with Gasteiger partial charge in [0.25, 0.3) is 0 Å². The summed E-state index contributed by atoms with van der Waals surface area (Å²) < 4.78 is 80.6. The zero-order valence-corrected chi connectivity index (χ0v) is 26.2. The van der Waals surface area contributed by atoms with Crippen molar-refractivity contribution in [1.82, 2.24) is 4.72 Å². The molecule has 3 aromatic carbocycles. The van der Waals surface area contributed by atoms with E-state index >= 15 is 0 Å². The van der Waals surface area contributed by atoms with Gasteiger partial charge in [-0.2, -0.15) is 13.2 Å². The van der Waals surface area contributed by atoms with Crippen molar-refractivity contribution in [2.24, 2.45) is 0 Å². The molecule has 3 aromatic rings. The minimum Gasteiger partial charge on any atom is -0.598 e. The van der Waals surface area contributed by atoms with Crippen LogP contribution in [0.2, 0.25) is 0 Å². The fraction of sp³-hybridized carbons (Fsp3) is 0.281. The molecular formula is C32H30F3NO8S2. The van der Waals surface area contributed by atoms with Gasteiger partial charge in [-0.1, -0.05) is 61.2 Å². The van der Waals surface area contributed by atoms with E-state index in [1.807, 2.05) is 0 Å². The van der Waals surface area contributed by atoms with E-state index in [1.54, 1.807) is 54.6 Å². The lowest BCUT2D eigenvalue weighted by Crippen LogP contribution is -2.66. The van der Waals surface area contributed by atoms with Crippen LogP contribution < -0.4 is 4.72 Å². The van der Waals surface area contributed by atoms with Crippen molar-refractivity contribution in [1.29, 1.82) is 0 Å². The minimum absolute atomic E-state index is 0.0254. The normalized spacial score (nSPS) is 22.6. The van der Waals surface area contributed by atoms with Gasteiger partial charge in [-0.05, 0) is 42.7 Å². The highest BCUT2D eigenvalue weighted by Crippen LogP contribution is 2.39. The Morgan fingerprint density at radius 1 is 0.804 bits per heavy atom. The fourth-order valence-electron chi connectivity index (χ4n) is 4.68. The first-order valence-electron chi connectivity index (χ1n) is 13.7. The molecule has 0 spiro atoms. The fourth-order valence-corrected chi connectivity index (χ4v) is 6.03. The van der Waals surface area contributed by atoms with Crippen LogP contribution in [0.15, 0.2) is 103 Å². The molecular weight excluding hydrogens is 647 g/mol. The van der Waals surface area contributed by atoms with Gasteiger partial charge < -0.3 is 23.5 Å². The van der Waals surface area contributed by atoms with Crippen LogP contribution in [0, 0.1) is 0 Å². The molecule has 0 radical (unpaired) electrons. The highest BCUT2D eigenvalue weighted by molar-refractivity contribution is 7.99. The van der Waals surface area contributed by atoms with Crippen LogP contribution in [0.25, 0.3) is 0 Å². The molecule has 0 bridgehead atoms. The van der Waals surface area contributed by atoms with E-state index in [0.29, 0.717) is 0 Å². The zero-order valence-electron chi connectivity index (χ0n) is 24.5. The molecule has 0 aliphatic carbocycles. The number of hydrogen-bond donors (Lipinski definition) is 1. The number of esters is 3. The van der Waals surface area contributed by atoms with Gasteiger partial charge in [-0.15, -0.1) is 16.5 Å². The summed E-state index contributed by atoms with van der Waals surface area (Å²) in [5.74, 6) is -2.79. The third-order valence-corrected chi connectivity index (χ3v) is 8.31. The summed E-state index contributed by atoms with van der Waals surface area (Å²) in [5, 5.41) is 0. The molecule has 1 N–H and O–H groups in total. The zero-order chi connectivity index (χ0) is 33.4. The average Bonchev–Trinajstić information content (AvgIpc) is 3.05. The van der Waals surface area contributed by atoms with Crippen molar-refractivity contribution in [3.8, 4) is 0 Å². The predicted molar refractivity (Wildman–Crippen MR) is 165 cm³/mol. The maximum Gasteiger partial charge on any atom is 0.413 e. The van der Waals surface area contributed by atoms with Crippen LogP contribution in [0.4, 0.5) is 13.2 Å². The average molecular weight is 678 g/mol. The third kappa shape index (κ3) is 8.70. The second-order valence-electron chi connectivity index (χ2n) is 9.99. The number of alkyl halides is 3. The molecule has 0 aromatic heterocycles. The molecule has 1 heterocycles. The number of benzene rings is 3. The summed E-state index contributed by atoms with van der Waals surface area (Å²) in [7, 11) is 0. The van der Waals surface area contributed by atoms with E-state index in [9.17, 15) is 32.1 Å². The topological polar surface area (TPSA) is 123 Å². The van der Waals surface area contributed by atoms with Gasteiger partial charge in [0.05, 0.1) is 22.3 Å². The third-order valence-electron chi connectivity index (χ3n) is 6.88. The molecule has 0 saturated carbocycles. The van der Waals surface area contributed by atoms with Gasteiger partial charge in [0, 0.05) is 11.4 Å². The molecule has 1 fully saturated rings. The summed E-state index contributed by atoms with van der Waals surface area (Å²) in [4.78, 5) is 40.1. The number of halogens is 3. The molecule has 244 valence electrons. The quantitative estimate of drug-likeness (QED) is 0.127. The molecule has 9 nitrogen and oxygen atoms in total. The second kappa shape index (κ2) is 15.6. The Balaban J connectivity index is 1.85. The van der Waals surface area contributed by atoms with Crippen molar-refractivity contribution in [2.45, 2.75) is 42.1 Å². The predicted octanol–water partition coefficient (Wildman–Crippen LogP) is 5.12. The Morgan fingerprint density at radius 2 is 1.20 bits per heavy atom. The molecule has 4 rings (SSSR count). The van der Waals surface area contributed by atoms with Gasteiger partial charge in [0.1, 0.15) is 23.8 Å². The molecule has 7 atom stereocenters. The summed E-state index contributed by atoms with van der Waals surface area (Å²) in [5.41, 5.74) is -2.43. The Hall–Kier alpha value is -3.82. The smallest absolute Gasteiger partial charge is 0.413 e. The van der Waals surface area contributed by atoms with Gasteiger partial charge in [0.15, 0.2) is 18.3 Å². The van der Waals surface area contributed by atoms with Crippen LogP contribution in [0.1, 0.15) is 31.1 Å². The Kier molecular flexibility index (Phi) is 11.9. The molecule has 0 amide bonds. The minimum atomic E-state index is -5.00. The van der Waals surface area contributed by atoms with E-state index in [0.717, 1.165) is 18.0 Å². The highest BCUT2D eigenvalue weighted by Gasteiger charge is 2.57. The lowest BCUT2D eigenvalue weighted by atomic mass is 9.90. The number of carbonyl (C=O) groups excluding carboxylic acids is 3. The maximum absolute atomic E-state index is 14.1. The molecule has 46 heavy (non-hydrogen) atoms. The largest absolute Gasteiger partial charge is 0.598 e. The summed E-state index contributed by atoms with van der Waals surface area (Å²) in [6, 6.07) is 21.1. The van der Waals surface area contributed by atoms with Gasteiger partial charge in [-0.25, -0.2) is 14.4 Å². The first kappa shape index (κ1) is 35.0. The molecule has 1 aliphatic heterocycles. The first-order chi connectivity index (χ1) is 21.9. The number of rotatable bonds is 11. The molecule has 1 aliphatic rings. The summed E-state index contributed by atoms with van der Waals surface area (Å²) >= 11 is -1.11. The van der Waals surface area contributed by atoms with E-state index < -0.39 is 76.9 Å². The van der Waals surface area contributed by atoms with Crippen molar-refractivity contribution in [3.05, 3.63) is 120 Å². The SMILES string of the molecule is C=C([C@@H](N[S+](C)[O-])C1OC(SC)C(OC(=O)c2ccccc2)C(OC(=O)c2ccccc2)C1OC(=O)c1ccccc1)C(F)(F)F. The van der Waals surface area contributed by atoms with E-state index in [2.05, 4.69) is 11.3 Å². The van der Waals surface area contributed by atoms with Crippen molar-refractivity contribution >= 4 is 41.0 Å². The van der Waals surface area contributed by atoms with Crippen LogP contribution >= 0.6 is 11.8 Å². The molecule has 1 saturated heterocycles. The number of nitrogens with one attached hydrogen (secondary N) is 1. The van der Waals surface area contributed by atoms with Gasteiger partial charge in [-0.3, -0.25) is 0 Å². The van der Waals surface area contributed by atoms with E-state index in [-0.39, 0.29) is 16.7 Å². The summed E-state index contributed by atoms with van der Waals surface area (Å²) in [6.45, 7) is 3.18. The van der Waals surface area contributed by atoms with Crippen LogP contribution in [-0.4, -0.2) is 77.0 Å². The van der Waals surface area contributed by atoms with E-state index in [4.69, 9.17) is 18.9 Å². The first-order valence-corrected chi connectivity index (χ1v) is 16.6. The van der Waals surface area contributed by atoms with Crippen molar-refractivity contribution < 1.29 is 51.1 Å². The van der Waals surface area contributed by atoms with Gasteiger partial charge >= 0.3 is 24.1 Å². The maximum atomic E-state index is 14.1. The number of thioether (sulfide) groups is 1. The van der Waals surface area contributed by atoms with Crippen LogP contribution in [0.5, 0.6) is 0 Å². The van der Waals surface area contributed by atoms with Crippen molar-refractivity contribution in [3.63, 3.8) is 0 Å². The van der Waals surface area contributed by atoms with Crippen LogP contribution in [-0.2, 0) is 30.3 Å². The number of hydrogen-bond acceptors (Lipinski definition) is 10. The highest BCUT2D eigenvalue weighted by atomic mass is 32.2. The van der Waals surface area contributed by atoms with Crippen LogP contribution in [0.3, 0.4) is 0 Å². The van der Waals surface area contributed by atoms with Gasteiger partial charge in [0.2, 0.25) is 0 Å². The lowest BCUT2D eigenvalue weighted by molar-refractivity contribution is -0.206. The Labute approximate surface area is 270 Å². The number of ether oxygens (including phenoxy) is 4. The Bertz CT molecular complexity index is 1500. The molecule has 6 unspecified atom stereocenters. The lowest BCUT2D eigenvalue weighted by Gasteiger charge is -2.46. The second-order valence-corrected chi connectivity index (χ2v) is 12.1. The summed E-state index contributed by atoms with van der Waals surface area (Å²) in [6.07, 6.45) is -9.19. The van der Waals surface area contributed by atoms with E-state index in [1.165, 1.54) is 42.7 Å².